The van der Waals surface area contributed by atoms with Crippen LogP contribution in [0.5, 0.6) is 0 Å². The molecule has 1 aromatic rings. The van der Waals surface area contributed by atoms with Gasteiger partial charge < -0.3 is 5.32 Å². The van der Waals surface area contributed by atoms with E-state index in [0.29, 0.717) is 5.15 Å². The Kier molecular flexibility index (Phi) is 5.86. The Labute approximate surface area is 96.4 Å². The van der Waals surface area contributed by atoms with E-state index in [0.717, 1.165) is 24.9 Å². The normalized spacial score (nSPS) is 9.93. The third-order valence-corrected chi connectivity index (χ3v) is 2.59. The van der Waals surface area contributed by atoms with Crippen LogP contribution in [0.25, 0.3) is 0 Å². The standard InChI is InChI=1S/C12H17ClN2/c1-2-14-9-5-3-4-7-11-8-6-10-15-12(11)13/h2,6,8,10,14H,1,3-5,7,9H2. The van der Waals surface area contributed by atoms with Crippen LogP contribution in [0.2, 0.25) is 5.15 Å². The molecule has 82 valence electrons. The number of hydrogen-bond donors (Lipinski definition) is 1. The molecule has 0 aliphatic rings. The molecule has 0 unspecified atom stereocenters. The molecule has 0 bridgehead atoms. The molecule has 0 aliphatic carbocycles. The summed E-state index contributed by atoms with van der Waals surface area (Å²) in [4.78, 5) is 4.05. The fourth-order valence-corrected chi connectivity index (χ4v) is 1.64. The molecule has 1 heterocycles. The van der Waals surface area contributed by atoms with Crippen molar-refractivity contribution in [2.45, 2.75) is 25.7 Å². The highest BCUT2D eigenvalue weighted by Gasteiger charge is 1.99. The lowest BCUT2D eigenvalue weighted by atomic mass is 10.1. The summed E-state index contributed by atoms with van der Waals surface area (Å²) >= 11 is 5.95. The van der Waals surface area contributed by atoms with Crippen LogP contribution in [-0.2, 0) is 6.42 Å². The van der Waals surface area contributed by atoms with Gasteiger partial charge in [-0.15, -0.1) is 0 Å². The second-order valence-electron chi connectivity index (χ2n) is 3.42. The maximum Gasteiger partial charge on any atom is 0.132 e. The van der Waals surface area contributed by atoms with E-state index in [-0.39, 0.29) is 0 Å². The zero-order valence-corrected chi connectivity index (χ0v) is 9.63. The van der Waals surface area contributed by atoms with Gasteiger partial charge in [0.25, 0.3) is 0 Å². The van der Waals surface area contributed by atoms with Crippen LogP contribution in [-0.4, -0.2) is 11.5 Å². The predicted octanol–water partition coefficient (Wildman–Crippen LogP) is 3.18. The Balaban J connectivity index is 2.15. The third-order valence-electron chi connectivity index (χ3n) is 2.25. The molecule has 0 atom stereocenters. The van der Waals surface area contributed by atoms with E-state index in [4.69, 9.17) is 11.6 Å². The SMILES string of the molecule is C=CNCCCCCc1cccnc1Cl. The average Bonchev–Trinajstić information content (AvgIpc) is 2.25. The molecule has 1 aromatic heterocycles. The first-order valence-corrected chi connectivity index (χ1v) is 5.66. The molecule has 0 saturated carbocycles. The first-order valence-electron chi connectivity index (χ1n) is 5.28. The molecule has 0 aliphatic heterocycles. The van der Waals surface area contributed by atoms with Crippen molar-refractivity contribution in [3.05, 3.63) is 41.8 Å². The lowest BCUT2D eigenvalue weighted by molar-refractivity contribution is 0.654. The van der Waals surface area contributed by atoms with Crippen molar-refractivity contribution in [3.63, 3.8) is 0 Å². The number of halogens is 1. The van der Waals surface area contributed by atoms with Crippen molar-refractivity contribution in [2.75, 3.05) is 6.54 Å². The quantitative estimate of drug-likeness (QED) is 0.569. The van der Waals surface area contributed by atoms with E-state index in [1.807, 2.05) is 12.1 Å². The predicted molar refractivity (Wildman–Crippen MR) is 65.0 cm³/mol. The van der Waals surface area contributed by atoms with Crippen molar-refractivity contribution < 1.29 is 0 Å². The summed E-state index contributed by atoms with van der Waals surface area (Å²) in [6.07, 6.45) is 8.00. The van der Waals surface area contributed by atoms with Gasteiger partial charge in [0.2, 0.25) is 0 Å². The van der Waals surface area contributed by atoms with Gasteiger partial charge in [0.15, 0.2) is 0 Å². The highest BCUT2D eigenvalue weighted by atomic mass is 35.5. The van der Waals surface area contributed by atoms with Gasteiger partial charge in [-0.25, -0.2) is 4.98 Å². The van der Waals surface area contributed by atoms with Crippen LogP contribution >= 0.6 is 11.6 Å². The monoisotopic (exact) mass is 224 g/mol. The van der Waals surface area contributed by atoms with Gasteiger partial charge in [0.05, 0.1) is 0 Å². The van der Waals surface area contributed by atoms with Gasteiger partial charge in [-0.2, -0.15) is 0 Å². The Morgan fingerprint density at radius 1 is 1.40 bits per heavy atom. The van der Waals surface area contributed by atoms with Crippen LogP contribution in [0.1, 0.15) is 24.8 Å². The van der Waals surface area contributed by atoms with E-state index in [1.54, 1.807) is 12.4 Å². The minimum Gasteiger partial charge on any atom is -0.391 e. The minimum absolute atomic E-state index is 0.640. The van der Waals surface area contributed by atoms with Crippen LogP contribution in [0.15, 0.2) is 31.1 Å². The number of hydrogen-bond acceptors (Lipinski definition) is 2. The fourth-order valence-electron chi connectivity index (χ4n) is 1.43. The number of pyridine rings is 1. The number of unbranched alkanes of at least 4 members (excludes halogenated alkanes) is 2. The summed E-state index contributed by atoms with van der Waals surface area (Å²) in [6, 6.07) is 3.97. The molecule has 0 aromatic carbocycles. The zero-order chi connectivity index (χ0) is 10.9. The number of nitrogens with zero attached hydrogens (tertiary/aromatic N) is 1. The maximum absolute atomic E-state index is 5.95. The van der Waals surface area contributed by atoms with Gasteiger partial charge in [-0.1, -0.05) is 30.7 Å². The van der Waals surface area contributed by atoms with E-state index in [2.05, 4.69) is 16.9 Å². The molecule has 0 amide bonds. The summed E-state index contributed by atoms with van der Waals surface area (Å²) < 4.78 is 0. The number of aryl methyl sites for hydroxylation is 1. The lowest BCUT2D eigenvalue weighted by Gasteiger charge is -2.03. The topological polar surface area (TPSA) is 24.9 Å². The largest absolute Gasteiger partial charge is 0.391 e. The highest BCUT2D eigenvalue weighted by Crippen LogP contribution is 2.14. The van der Waals surface area contributed by atoms with E-state index < -0.39 is 0 Å². The average molecular weight is 225 g/mol. The molecular weight excluding hydrogens is 208 g/mol. The van der Waals surface area contributed by atoms with E-state index >= 15 is 0 Å². The Bertz CT molecular complexity index is 299. The van der Waals surface area contributed by atoms with Gasteiger partial charge in [-0.3, -0.25) is 0 Å². The molecule has 0 fully saturated rings. The first-order chi connectivity index (χ1) is 7.34. The Morgan fingerprint density at radius 3 is 3.00 bits per heavy atom. The molecule has 2 nitrogen and oxygen atoms in total. The minimum atomic E-state index is 0.640. The van der Waals surface area contributed by atoms with Gasteiger partial charge in [0, 0.05) is 12.7 Å². The van der Waals surface area contributed by atoms with Crippen molar-refractivity contribution in [1.82, 2.24) is 10.3 Å². The molecule has 0 radical (unpaired) electrons. The second-order valence-corrected chi connectivity index (χ2v) is 3.78. The summed E-state index contributed by atoms with van der Waals surface area (Å²) in [5.41, 5.74) is 1.15. The maximum atomic E-state index is 5.95. The van der Waals surface area contributed by atoms with Crippen molar-refractivity contribution in [3.8, 4) is 0 Å². The van der Waals surface area contributed by atoms with E-state index in [9.17, 15) is 0 Å². The van der Waals surface area contributed by atoms with Gasteiger partial charge >= 0.3 is 0 Å². The molecule has 15 heavy (non-hydrogen) atoms. The Hall–Kier alpha value is -1.02. The smallest absolute Gasteiger partial charge is 0.132 e. The molecular formula is C12H17ClN2. The van der Waals surface area contributed by atoms with Crippen LogP contribution in [0, 0.1) is 0 Å². The molecule has 0 saturated heterocycles. The highest BCUT2D eigenvalue weighted by molar-refractivity contribution is 6.30. The van der Waals surface area contributed by atoms with Crippen molar-refractivity contribution in [2.24, 2.45) is 0 Å². The first kappa shape index (κ1) is 12.1. The molecule has 1 rings (SSSR count). The number of aromatic nitrogens is 1. The van der Waals surface area contributed by atoms with Crippen LogP contribution < -0.4 is 5.32 Å². The van der Waals surface area contributed by atoms with Gasteiger partial charge in [-0.05, 0) is 37.1 Å². The van der Waals surface area contributed by atoms with Crippen LogP contribution in [0.4, 0.5) is 0 Å². The lowest BCUT2D eigenvalue weighted by Crippen LogP contribution is -2.05. The summed E-state index contributed by atoms with van der Waals surface area (Å²) in [6.45, 7) is 4.61. The number of rotatable bonds is 7. The molecule has 1 N–H and O–H groups in total. The Morgan fingerprint density at radius 2 is 2.27 bits per heavy atom. The summed E-state index contributed by atoms with van der Waals surface area (Å²) in [7, 11) is 0. The summed E-state index contributed by atoms with van der Waals surface area (Å²) in [5, 5.41) is 3.72. The fraction of sp³-hybridized carbons (Fsp3) is 0.417. The van der Waals surface area contributed by atoms with Crippen LogP contribution in [0.3, 0.4) is 0 Å². The van der Waals surface area contributed by atoms with Gasteiger partial charge in [0.1, 0.15) is 5.15 Å². The second kappa shape index (κ2) is 7.30. The zero-order valence-electron chi connectivity index (χ0n) is 8.88. The van der Waals surface area contributed by atoms with Crippen molar-refractivity contribution >= 4 is 11.6 Å². The molecule has 0 spiro atoms. The number of nitrogens with one attached hydrogen (secondary N) is 1. The summed E-state index contributed by atoms with van der Waals surface area (Å²) in [5.74, 6) is 0. The third kappa shape index (κ3) is 4.84. The van der Waals surface area contributed by atoms with E-state index in [1.165, 1.54) is 12.8 Å². The van der Waals surface area contributed by atoms with Crippen molar-refractivity contribution in [1.29, 1.82) is 0 Å². The molecule has 3 heteroatoms.